The molecule has 1 amide bonds. The highest BCUT2D eigenvalue weighted by Crippen LogP contribution is 2.15. The Hall–Kier alpha value is -1.31. The molecule has 1 aromatic carbocycles. The van der Waals surface area contributed by atoms with Crippen molar-refractivity contribution in [1.29, 1.82) is 0 Å². The van der Waals surface area contributed by atoms with Crippen LogP contribution in [-0.2, 0) is 0 Å². The molecule has 1 rings (SSSR count). The number of allylic oxidation sites excluding steroid dienone is 1. The second-order valence-electron chi connectivity index (χ2n) is 2.56. The van der Waals surface area contributed by atoms with Gasteiger partial charge in [0.2, 0.25) is 0 Å². The normalized spacial score (nSPS) is 9.00. The van der Waals surface area contributed by atoms with Crippen molar-refractivity contribution in [2.24, 2.45) is 4.99 Å². The molecule has 0 aromatic heterocycles. The SMILES string of the molecule is CC=C=NC(=O)c1ccc(SC)cc1. The predicted octanol–water partition coefficient (Wildman–Crippen LogP) is 2.79. The Morgan fingerprint density at radius 1 is 1.43 bits per heavy atom. The number of benzene rings is 1. The third-order valence-corrected chi connectivity index (χ3v) is 2.38. The minimum atomic E-state index is -0.254. The molecule has 0 unspecified atom stereocenters. The van der Waals surface area contributed by atoms with Crippen molar-refractivity contribution in [3.8, 4) is 0 Å². The van der Waals surface area contributed by atoms with Gasteiger partial charge in [-0.1, -0.05) is 0 Å². The zero-order valence-corrected chi connectivity index (χ0v) is 8.97. The van der Waals surface area contributed by atoms with Gasteiger partial charge in [0.05, 0.1) is 0 Å². The van der Waals surface area contributed by atoms with E-state index in [1.807, 2.05) is 18.4 Å². The van der Waals surface area contributed by atoms with Gasteiger partial charge in [-0.15, -0.1) is 11.8 Å². The van der Waals surface area contributed by atoms with E-state index in [0.29, 0.717) is 5.56 Å². The first-order valence-corrected chi connectivity index (χ1v) is 5.43. The van der Waals surface area contributed by atoms with Crippen LogP contribution in [0, 0.1) is 0 Å². The molecule has 0 N–H and O–H groups in total. The zero-order chi connectivity index (χ0) is 10.4. The van der Waals surface area contributed by atoms with E-state index in [-0.39, 0.29) is 5.91 Å². The topological polar surface area (TPSA) is 29.4 Å². The number of amides is 1. The molecular weight excluding hydrogens is 194 g/mol. The van der Waals surface area contributed by atoms with Gasteiger partial charge in [-0.3, -0.25) is 4.79 Å². The lowest BCUT2D eigenvalue weighted by Crippen LogP contribution is -1.93. The monoisotopic (exact) mass is 205 g/mol. The van der Waals surface area contributed by atoms with Gasteiger partial charge in [0.1, 0.15) is 0 Å². The van der Waals surface area contributed by atoms with Crippen molar-refractivity contribution in [2.75, 3.05) is 6.26 Å². The number of carbonyl (C=O) groups excluding carboxylic acids is 1. The van der Waals surface area contributed by atoms with Crippen molar-refractivity contribution in [3.05, 3.63) is 35.9 Å². The number of carbonyl (C=O) groups is 1. The van der Waals surface area contributed by atoms with Crippen molar-refractivity contribution in [1.82, 2.24) is 0 Å². The van der Waals surface area contributed by atoms with Gasteiger partial charge in [0, 0.05) is 10.5 Å². The lowest BCUT2D eigenvalue weighted by atomic mass is 10.2. The van der Waals surface area contributed by atoms with Crippen LogP contribution in [0.15, 0.2) is 40.2 Å². The third kappa shape index (κ3) is 2.87. The number of rotatable bonds is 2. The number of nitrogens with zero attached hydrogens (tertiary/aromatic N) is 1. The Morgan fingerprint density at radius 2 is 2.07 bits per heavy atom. The molecule has 3 heteroatoms. The average Bonchev–Trinajstić information content (AvgIpc) is 2.26. The number of aliphatic imine (C=N–C) groups is 1. The van der Waals surface area contributed by atoms with Crippen LogP contribution >= 0.6 is 11.8 Å². The Kier molecular flexibility index (Phi) is 4.17. The summed E-state index contributed by atoms with van der Waals surface area (Å²) in [4.78, 5) is 16.1. The van der Waals surface area contributed by atoms with Crippen LogP contribution in [0.2, 0.25) is 0 Å². The molecule has 0 heterocycles. The first kappa shape index (κ1) is 10.8. The summed E-state index contributed by atoms with van der Waals surface area (Å²) in [5, 5.41) is 0. The summed E-state index contributed by atoms with van der Waals surface area (Å²) < 4.78 is 0. The molecule has 0 aliphatic heterocycles. The highest BCUT2D eigenvalue weighted by molar-refractivity contribution is 7.98. The summed E-state index contributed by atoms with van der Waals surface area (Å²) in [5.41, 5.74) is 0.595. The van der Waals surface area contributed by atoms with Crippen molar-refractivity contribution in [3.63, 3.8) is 0 Å². The van der Waals surface area contributed by atoms with E-state index >= 15 is 0 Å². The van der Waals surface area contributed by atoms with Crippen LogP contribution in [0.4, 0.5) is 0 Å². The maximum absolute atomic E-state index is 11.3. The van der Waals surface area contributed by atoms with Gasteiger partial charge in [0.15, 0.2) is 0 Å². The van der Waals surface area contributed by atoms with Crippen molar-refractivity contribution < 1.29 is 4.79 Å². The summed E-state index contributed by atoms with van der Waals surface area (Å²) in [6.45, 7) is 1.77. The molecule has 0 bridgehead atoms. The van der Waals surface area contributed by atoms with Crippen LogP contribution in [-0.4, -0.2) is 18.0 Å². The zero-order valence-electron chi connectivity index (χ0n) is 8.15. The molecule has 0 aliphatic rings. The van der Waals surface area contributed by atoms with E-state index < -0.39 is 0 Å². The van der Waals surface area contributed by atoms with Crippen LogP contribution in [0.5, 0.6) is 0 Å². The second-order valence-corrected chi connectivity index (χ2v) is 3.44. The lowest BCUT2D eigenvalue weighted by molar-refractivity contribution is 0.100. The van der Waals surface area contributed by atoms with Crippen LogP contribution in [0.25, 0.3) is 0 Å². The largest absolute Gasteiger partial charge is 0.285 e. The van der Waals surface area contributed by atoms with E-state index in [9.17, 15) is 4.79 Å². The Labute approximate surface area is 87.7 Å². The quantitative estimate of drug-likeness (QED) is 0.549. The highest BCUT2D eigenvalue weighted by atomic mass is 32.2. The van der Waals surface area contributed by atoms with Gasteiger partial charge < -0.3 is 0 Å². The summed E-state index contributed by atoms with van der Waals surface area (Å²) in [5.74, 6) is 2.27. The molecule has 2 nitrogen and oxygen atoms in total. The number of hydrogen-bond donors (Lipinski definition) is 0. The van der Waals surface area contributed by atoms with E-state index in [1.165, 1.54) is 0 Å². The summed E-state index contributed by atoms with van der Waals surface area (Å²) in [6.07, 6.45) is 3.60. The fourth-order valence-electron chi connectivity index (χ4n) is 0.921. The first-order chi connectivity index (χ1) is 6.77. The lowest BCUT2D eigenvalue weighted by Gasteiger charge is -1.96. The van der Waals surface area contributed by atoms with Crippen LogP contribution in [0.3, 0.4) is 0 Å². The van der Waals surface area contributed by atoms with Crippen molar-refractivity contribution >= 4 is 23.5 Å². The maximum atomic E-state index is 11.3. The molecule has 72 valence electrons. The third-order valence-electron chi connectivity index (χ3n) is 1.63. The van der Waals surface area contributed by atoms with Crippen LogP contribution in [0.1, 0.15) is 17.3 Å². The maximum Gasteiger partial charge on any atom is 0.285 e. The smallest absolute Gasteiger partial charge is 0.266 e. The molecule has 0 aliphatic carbocycles. The van der Waals surface area contributed by atoms with Gasteiger partial charge in [-0.05, 0) is 49.4 Å². The average molecular weight is 205 g/mol. The van der Waals surface area contributed by atoms with E-state index in [0.717, 1.165) is 4.90 Å². The standard InChI is InChI=1S/C11H11NOS/c1-3-8-12-11(13)9-4-6-10(14-2)7-5-9/h3-7H,1-2H3. The van der Waals surface area contributed by atoms with Gasteiger partial charge in [-0.2, -0.15) is 4.99 Å². The minimum absolute atomic E-state index is 0.254. The second kappa shape index (κ2) is 5.43. The Bertz CT molecular complexity index is 375. The van der Waals surface area contributed by atoms with Crippen molar-refractivity contribution in [2.45, 2.75) is 11.8 Å². The molecule has 0 atom stereocenters. The molecular formula is C11H11NOS. The fraction of sp³-hybridized carbons (Fsp3) is 0.182. The van der Waals surface area contributed by atoms with Crippen LogP contribution < -0.4 is 0 Å². The van der Waals surface area contributed by atoms with E-state index in [2.05, 4.69) is 10.9 Å². The fourth-order valence-corrected chi connectivity index (χ4v) is 1.33. The summed E-state index contributed by atoms with van der Waals surface area (Å²) >= 11 is 1.64. The molecule has 14 heavy (non-hydrogen) atoms. The Balaban J connectivity index is 2.87. The van der Waals surface area contributed by atoms with Gasteiger partial charge in [-0.25, -0.2) is 0 Å². The van der Waals surface area contributed by atoms with Gasteiger partial charge >= 0.3 is 0 Å². The molecule has 1 aromatic rings. The highest BCUT2D eigenvalue weighted by Gasteiger charge is 2.01. The molecule has 0 spiro atoms. The predicted molar refractivity (Wildman–Crippen MR) is 60.2 cm³/mol. The Morgan fingerprint density at radius 3 is 2.57 bits per heavy atom. The molecule has 0 radical (unpaired) electrons. The molecule has 0 fully saturated rings. The molecule has 0 saturated heterocycles. The van der Waals surface area contributed by atoms with E-state index in [4.69, 9.17) is 0 Å². The number of thioether (sulfide) groups is 1. The number of hydrogen-bond acceptors (Lipinski definition) is 2. The van der Waals surface area contributed by atoms with Gasteiger partial charge in [0.25, 0.3) is 5.91 Å². The first-order valence-electron chi connectivity index (χ1n) is 4.20. The summed E-state index contributed by atoms with van der Waals surface area (Å²) in [7, 11) is 0. The molecule has 0 saturated carbocycles. The summed E-state index contributed by atoms with van der Waals surface area (Å²) in [6, 6.07) is 7.36. The van der Waals surface area contributed by atoms with E-state index in [1.54, 1.807) is 36.9 Å². The minimum Gasteiger partial charge on any atom is -0.266 e.